The Morgan fingerprint density at radius 3 is 2.88 bits per heavy atom. The molecule has 1 spiro atoms. The fraction of sp³-hybridized carbons (Fsp3) is 0.667. The molecule has 2 heterocycles. The van der Waals surface area contributed by atoms with Gasteiger partial charge in [-0.15, -0.1) is 0 Å². The van der Waals surface area contributed by atoms with Gasteiger partial charge in [0, 0.05) is 30.7 Å². The molecule has 2 saturated carbocycles. The second kappa shape index (κ2) is 4.45. The summed E-state index contributed by atoms with van der Waals surface area (Å²) < 4.78 is 6.98. The van der Waals surface area contributed by atoms with Gasteiger partial charge >= 0.3 is 0 Å². The Hall–Kier alpha value is -1.59. The minimum Gasteiger partial charge on any atom is -0.504 e. The van der Waals surface area contributed by atoms with Gasteiger partial charge < -0.3 is 19.4 Å². The third-order valence-electron chi connectivity index (χ3n) is 8.28. The lowest BCUT2D eigenvalue weighted by atomic mass is 9.48. The van der Waals surface area contributed by atoms with Gasteiger partial charge in [0.05, 0.1) is 25.6 Å². The third-order valence-corrected chi connectivity index (χ3v) is 8.28. The van der Waals surface area contributed by atoms with Crippen molar-refractivity contribution < 1.29 is 24.2 Å². The van der Waals surface area contributed by atoms with Crippen molar-refractivity contribution >= 4 is 5.78 Å². The molecule has 3 aliphatic carbocycles. The number of piperidine rings is 1. The molecular formula is C21H26NO4+. The number of nitrogens with zero attached hydrogens (tertiary/aromatic N) is 1. The number of ketones is 1. The molecule has 1 aromatic rings. The lowest BCUT2D eigenvalue weighted by Crippen LogP contribution is -2.80. The average Bonchev–Trinajstić information content (AvgIpc) is 3.32. The first-order chi connectivity index (χ1) is 12.4. The summed E-state index contributed by atoms with van der Waals surface area (Å²) in [5.41, 5.74) is 0.492. The highest BCUT2D eigenvalue weighted by atomic mass is 16.5. The number of quaternary nitrogens is 1. The summed E-state index contributed by atoms with van der Waals surface area (Å²) in [6.07, 6.45) is 4.42. The molecular weight excluding hydrogens is 330 g/mol. The number of phenols is 1. The number of hydrogen-bond donors (Lipinski definition) is 2. The van der Waals surface area contributed by atoms with Gasteiger partial charge in [-0.2, -0.15) is 0 Å². The average molecular weight is 356 g/mol. The molecule has 5 heteroatoms. The SMILES string of the molecule is C[N@+]1(CC2CC2)CC[C@]23c4c5ccc(O)c4O[C@H]2C(=O)CC[C@]3(O)[C@H]1C5. The number of rotatable bonds is 2. The number of carbonyl (C=O) groups is 1. The van der Waals surface area contributed by atoms with Crippen LogP contribution in [-0.4, -0.2) is 58.4 Å². The lowest BCUT2D eigenvalue weighted by Gasteiger charge is -2.64. The Morgan fingerprint density at radius 2 is 2.12 bits per heavy atom. The lowest BCUT2D eigenvalue weighted by molar-refractivity contribution is -0.950. The smallest absolute Gasteiger partial charge is 0.174 e. The van der Waals surface area contributed by atoms with E-state index < -0.39 is 17.1 Å². The zero-order chi connectivity index (χ0) is 17.9. The van der Waals surface area contributed by atoms with Crippen LogP contribution >= 0.6 is 0 Å². The van der Waals surface area contributed by atoms with E-state index in [1.807, 2.05) is 6.07 Å². The minimum absolute atomic E-state index is 0.0789. The molecule has 2 aliphatic heterocycles. The van der Waals surface area contributed by atoms with Crippen LogP contribution in [-0.2, 0) is 16.6 Å². The van der Waals surface area contributed by atoms with Crippen molar-refractivity contribution in [3.05, 3.63) is 23.3 Å². The molecule has 6 rings (SSSR count). The molecule has 3 fully saturated rings. The Bertz CT molecular complexity index is 849. The molecule has 0 unspecified atom stereocenters. The van der Waals surface area contributed by atoms with Crippen molar-refractivity contribution in [2.45, 2.75) is 61.7 Å². The number of hydrogen-bond acceptors (Lipinski definition) is 4. The molecule has 2 N–H and O–H groups in total. The van der Waals surface area contributed by atoms with Crippen molar-refractivity contribution in [3.63, 3.8) is 0 Å². The van der Waals surface area contributed by atoms with Crippen molar-refractivity contribution in [3.8, 4) is 11.5 Å². The summed E-state index contributed by atoms with van der Waals surface area (Å²) in [5.74, 6) is 1.42. The fourth-order valence-electron chi connectivity index (χ4n) is 6.94. The molecule has 1 aromatic carbocycles. The fourth-order valence-corrected chi connectivity index (χ4v) is 6.94. The van der Waals surface area contributed by atoms with E-state index in [9.17, 15) is 15.0 Å². The van der Waals surface area contributed by atoms with Gasteiger partial charge in [0.15, 0.2) is 23.4 Å². The molecule has 5 nitrogen and oxygen atoms in total. The summed E-state index contributed by atoms with van der Waals surface area (Å²) in [6.45, 7) is 2.09. The summed E-state index contributed by atoms with van der Waals surface area (Å²) in [4.78, 5) is 12.8. The van der Waals surface area contributed by atoms with Crippen LogP contribution in [0.15, 0.2) is 12.1 Å². The summed E-state index contributed by atoms with van der Waals surface area (Å²) in [5, 5.41) is 22.5. The quantitative estimate of drug-likeness (QED) is 0.791. The number of likely N-dealkylation sites (N-methyl/N-ethyl adjacent to an activating group) is 1. The number of aromatic hydroxyl groups is 1. The topological polar surface area (TPSA) is 66.8 Å². The normalized spacial score (nSPS) is 45.2. The van der Waals surface area contributed by atoms with Gasteiger partial charge in [0.2, 0.25) is 0 Å². The molecule has 5 atom stereocenters. The van der Waals surface area contributed by atoms with Crippen LogP contribution in [0.2, 0.25) is 0 Å². The number of Topliss-reactive ketones (excluding diaryl/α,β-unsaturated/α-hetero) is 1. The van der Waals surface area contributed by atoms with Crippen molar-refractivity contribution in [1.29, 1.82) is 0 Å². The van der Waals surface area contributed by atoms with Gasteiger partial charge in [0.25, 0.3) is 0 Å². The number of likely N-dealkylation sites (tertiary alicyclic amines) is 1. The maximum Gasteiger partial charge on any atom is 0.174 e. The highest BCUT2D eigenvalue weighted by molar-refractivity contribution is 5.90. The highest BCUT2D eigenvalue weighted by Crippen LogP contribution is 2.65. The maximum atomic E-state index is 12.8. The van der Waals surface area contributed by atoms with Gasteiger partial charge in [-0.25, -0.2) is 0 Å². The number of ether oxygens (including phenoxy) is 1. The van der Waals surface area contributed by atoms with Crippen LogP contribution < -0.4 is 4.74 Å². The molecule has 26 heavy (non-hydrogen) atoms. The highest BCUT2D eigenvalue weighted by Gasteiger charge is 2.76. The Labute approximate surface area is 153 Å². The molecule has 1 saturated heterocycles. The van der Waals surface area contributed by atoms with Crippen LogP contribution in [0.3, 0.4) is 0 Å². The largest absolute Gasteiger partial charge is 0.504 e. The molecule has 0 amide bonds. The van der Waals surface area contributed by atoms with E-state index >= 15 is 0 Å². The predicted octanol–water partition coefficient (Wildman–Crippen LogP) is 1.67. The second-order valence-electron chi connectivity index (χ2n) is 9.61. The molecule has 138 valence electrons. The van der Waals surface area contributed by atoms with Crippen LogP contribution in [0.5, 0.6) is 11.5 Å². The van der Waals surface area contributed by atoms with E-state index in [4.69, 9.17) is 4.74 Å². The maximum absolute atomic E-state index is 12.8. The molecule has 0 radical (unpaired) electrons. The minimum atomic E-state index is -0.931. The number of benzene rings is 1. The van der Waals surface area contributed by atoms with E-state index in [2.05, 4.69) is 7.05 Å². The van der Waals surface area contributed by atoms with Gasteiger partial charge in [-0.1, -0.05) is 6.07 Å². The van der Waals surface area contributed by atoms with Crippen LogP contribution in [0.1, 0.15) is 43.2 Å². The van der Waals surface area contributed by atoms with E-state index in [1.165, 1.54) is 12.8 Å². The first kappa shape index (κ1) is 15.5. The summed E-state index contributed by atoms with van der Waals surface area (Å²) >= 11 is 0. The zero-order valence-electron chi connectivity index (χ0n) is 15.2. The van der Waals surface area contributed by atoms with Crippen molar-refractivity contribution in [1.82, 2.24) is 0 Å². The standard InChI is InChI=1S/C21H25NO4/c1-22(11-12-2-3-12)9-8-20-17-13-4-5-14(23)18(17)26-19(20)15(24)6-7-21(20,25)16(22)10-13/h4-5,12,16,19,25H,2-3,6-11H2,1H3/p+1/t16-,19+,20+,21+,22-/m1/s1. The van der Waals surface area contributed by atoms with Crippen molar-refractivity contribution in [2.24, 2.45) is 5.92 Å². The van der Waals surface area contributed by atoms with Crippen molar-refractivity contribution in [2.75, 3.05) is 20.1 Å². The first-order valence-electron chi connectivity index (χ1n) is 10.0. The zero-order valence-corrected chi connectivity index (χ0v) is 15.2. The Morgan fingerprint density at radius 1 is 1.31 bits per heavy atom. The van der Waals surface area contributed by atoms with Crippen LogP contribution in [0.4, 0.5) is 0 Å². The number of carbonyl (C=O) groups excluding carboxylic acids is 1. The Kier molecular flexibility index (Phi) is 2.65. The third kappa shape index (κ3) is 1.55. The van der Waals surface area contributed by atoms with Gasteiger partial charge in [-0.05, 0) is 30.9 Å². The molecule has 0 aromatic heterocycles. The first-order valence-corrected chi connectivity index (χ1v) is 10.0. The molecule has 2 bridgehead atoms. The van der Waals surface area contributed by atoms with E-state index in [1.54, 1.807) is 6.07 Å². The van der Waals surface area contributed by atoms with Crippen LogP contribution in [0, 0.1) is 5.92 Å². The summed E-state index contributed by atoms with van der Waals surface area (Å²) in [6, 6.07) is 3.77. The van der Waals surface area contributed by atoms with E-state index in [-0.39, 0.29) is 17.6 Å². The number of aliphatic hydroxyl groups is 1. The van der Waals surface area contributed by atoms with Gasteiger partial charge in [-0.3, -0.25) is 4.79 Å². The Balaban J connectivity index is 1.60. The van der Waals surface area contributed by atoms with Crippen LogP contribution in [0.25, 0.3) is 0 Å². The van der Waals surface area contributed by atoms with E-state index in [0.717, 1.165) is 47.5 Å². The van der Waals surface area contributed by atoms with E-state index in [0.29, 0.717) is 18.6 Å². The number of phenolic OH excluding ortho intramolecular Hbond substituents is 1. The second-order valence-corrected chi connectivity index (χ2v) is 9.61. The monoisotopic (exact) mass is 356 g/mol. The predicted molar refractivity (Wildman–Crippen MR) is 94.1 cm³/mol. The van der Waals surface area contributed by atoms with Gasteiger partial charge in [0.1, 0.15) is 11.6 Å². The molecule has 5 aliphatic rings. The summed E-state index contributed by atoms with van der Waals surface area (Å²) in [7, 11) is 2.31.